The molecule has 2 heteroatoms. The van der Waals surface area contributed by atoms with Gasteiger partial charge in [0, 0.05) is 6.42 Å². The second-order valence-corrected chi connectivity index (χ2v) is 4.68. The summed E-state index contributed by atoms with van der Waals surface area (Å²) in [5.41, 5.74) is 0.588. The lowest BCUT2D eigenvalue weighted by Gasteiger charge is -2.25. The highest BCUT2D eigenvalue weighted by atomic mass is 16.5. The van der Waals surface area contributed by atoms with Crippen LogP contribution in [0.1, 0.15) is 40.0 Å². The van der Waals surface area contributed by atoms with E-state index in [4.69, 9.17) is 4.74 Å². The summed E-state index contributed by atoms with van der Waals surface area (Å²) in [6.45, 7) is 10.8. The molecular weight excluding hydrogens is 176 g/mol. The average Bonchev–Trinajstić information content (AvgIpc) is 2.44. The zero-order chi connectivity index (χ0) is 10.8. The van der Waals surface area contributed by atoms with Gasteiger partial charge in [0.1, 0.15) is 0 Å². The van der Waals surface area contributed by atoms with Crippen molar-refractivity contribution >= 4 is 5.97 Å². The van der Waals surface area contributed by atoms with Crippen molar-refractivity contribution < 1.29 is 9.53 Å². The second kappa shape index (κ2) is 4.16. The van der Waals surface area contributed by atoms with Crippen molar-refractivity contribution in [2.24, 2.45) is 11.3 Å². The summed E-state index contributed by atoms with van der Waals surface area (Å²) in [7, 11) is 0. The first-order valence-electron chi connectivity index (χ1n) is 5.32. The average molecular weight is 196 g/mol. The lowest BCUT2D eigenvalue weighted by molar-refractivity contribution is -0.145. The van der Waals surface area contributed by atoms with E-state index in [9.17, 15) is 4.79 Å². The number of hydrogen-bond acceptors (Lipinski definition) is 2. The van der Waals surface area contributed by atoms with Crippen LogP contribution in [0.4, 0.5) is 0 Å². The van der Waals surface area contributed by atoms with Crippen molar-refractivity contribution in [3.8, 4) is 0 Å². The van der Waals surface area contributed by atoms with Crippen LogP contribution in [0.3, 0.4) is 0 Å². The van der Waals surface area contributed by atoms with E-state index in [0.717, 1.165) is 24.8 Å². The quantitative estimate of drug-likeness (QED) is 0.510. The highest BCUT2D eigenvalue weighted by Gasteiger charge is 2.44. The van der Waals surface area contributed by atoms with Gasteiger partial charge in [0.15, 0.2) is 0 Å². The van der Waals surface area contributed by atoms with Crippen LogP contribution in [0.15, 0.2) is 12.2 Å². The maximum atomic E-state index is 11.7. The summed E-state index contributed by atoms with van der Waals surface area (Å²) < 4.78 is 5.06. The van der Waals surface area contributed by atoms with Crippen LogP contribution >= 0.6 is 0 Å². The zero-order valence-corrected chi connectivity index (χ0v) is 9.43. The van der Waals surface area contributed by atoms with E-state index < -0.39 is 0 Å². The van der Waals surface area contributed by atoms with Gasteiger partial charge in [0.05, 0.1) is 12.0 Å². The van der Waals surface area contributed by atoms with Gasteiger partial charge < -0.3 is 4.74 Å². The van der Waals surface area contributed by atoms with E-state index in [2.05, 4.69) is 20.4 Å². The Morgan fingerprint density at radius 1 is 1.64 bits per heavy atom. The van der Waals surface area contributed by atoms with Gasteiger partial charge in [-0.3, -0.25) is 4.79 Å². The molecule has 0 aromatic carbocycles. The standard InChI is InChI=1S/C12H20O2/c1-9(2)5-6-12(10(3)4)7-8-14-11(12)13/h9H,3,5-8H2,1-2,4H3/t12-/m1/s1. The maximum Gasteiger partial charge on any atom is 0.316 e. The molecular formula is C12H20O2. The predicted molar refractivity (Wildman–Crippen MR) is 56.9 cm³/mol. The fourth-order valence-electron chi connectivity index (χ4n) is 1.92. The summed E-state index contributed by atoms with van der Waals surface area (Å²) in [5, 5.41) is 0. The Hall–Kier alpha value is -0.790. The minimum atomic E-state index is -0.371. The smallest absolute Gasteiger partial charge is 0.316 e. The second-order valence-electron chi connectivity index (χ2n) is 4.68. The monoisotopic (exact) mass is 196 g/mol. The van der Waals surface area contributed by atoms with Gasteiger partial charge in [0.2, 0.25) is 0 Å². The maximum absolute atomic E-state index is 11.7. The Balaban J connectivity index is 2.72. The highest BCUT2D eigenvalue weighted by molar-refractivity contribution is 5.82. The SMILES string of the molecule is C=C(C)[C@@]1(CCC(C)C)CCOC1=O. The Morgan fingerprint density at radius 2 is 2.29 bits per heavy atom. The molecule has 14 heavy (non-hydrogen) atoms. The normalized spacial score (nSPS) is 26.7. The molecule has 1 rings (SSSR count). The van der Waals surface area contributed by atoms with Crippen molar-refractivity contribution in [1.82, 2.24) is 0 Å². The third kappa shape index (κ3) is 1.99. The molecule has 0 aliphatic carbocycles. The van der Waals surface area contributed by atoms with Gasteiger partial charge in [-0.15, -0.1) is 0 Å². The van der Waals surface area contributed by atoms with Gasteiger partial charge in [-0.05, 0) is 25.7 Å². The van der Waals surface area contributed by atoms with E-state index in [1.54, 1.807) is 0 Å². The molecule has 0 bridgehead atoms. The summed E-state index contributed by atoms with van der Waals surface area (Å²) in [5.74, 6) is 0.560. The molecule has 80 valence electrons. The largest absolute Gasteiger partial charge is 0.465 e. The van der Waals surface area contributed by atoms with Crippen LogP contribution < -0.4 is 0 Å². The molecule has 1 aliphatic rings. The summed E-state index contributed by atoms with van der Waals surface area (Å²) in [6, 6.07) is 0. The number of ether oxygens (including phenoxy) is 1. The fourth-order valence-corrected chi connectivity index (χ4v) is 1.92. The first kappa shape index (κ1) is 11.3. The molecule has 1 atom stereocenters. The van der Waals surface area contributed by atoms with Crippen molar-refractivity contribution in [1.29, 1.82) is 0 Å². The van der Waals surface area contributed by atoms with Gasteiger partial charge >= 0.3 is 5.97 Å². The lowest BCUT2D eigenvalue weighted by atomic mass is 9.75. The number of carbonyl (C=O) groups excluding carboxylic acids is 1. The lowest BCUT2D eigenvalue weighted by Crippen LogP contribution is -2.27. The van der Waals surface area contributed by atoms with Crippen LogP contribution in [0.2, 0.25) is 0 Å². The number of esters is 1. The molecule has 0 saturated carbocycles. The Labute approximate surface area is 86.3 Å². The molecule has 0 amide bonds. The molecule has 0 unspecified atom stereocenters. The minimum absolute atomic E-state index is 0.0642. The molecule has 1 aliphatic heterocycles. The minimum Gasteiger partial charge on any atom is -0.465 e. The Morgan fingerprint density at radius 3 is 2.64 bits per heavy atom. The third-order valence-corrected chi connectivity index (χ3v) is 3.12. The molecule has 1 fully saturated rings. The van der Waals surface area contributed by atoms with Crippen LogP contribution in [-0.4, -0.2) is 12.6 Å². The fraction of sp³-hybridized carbons (Fsp3) is 0.750. The topological polar surface area (TPSA) is 26.3 Å². The third-order valence-electron chi connectivity index (χ3n) is 3.12. The first-order chi connectivity index (χ1) is 6.49. The van der Waals surface area contributed by atoms with Gasteiger partial charge in [0.25, 0.3) is 0 Å². The van der Waals surface area contributed by atoms with Gasteiger partial charge in [-0.2, -0.15) is 0 Å². The van der Waals surface area contributed by atoms with E-state index >= 15 is 0 Å². The highest BCUT2D eigenvalue weighted by Crippen LogP contribution is 2.41. The van der Waals surface area contributed by atoms with Crippen molar-refractivity contribution in [2.75, 3.05) is 6.61 Å². The number of cyclic esters (lactones) is 1. The Bertz CT molecular complexity index is 243. The molecule has 0 radical (unpaired) electrons. The van der Waals surface area contributed by atoms with Crippen molar-refractivity contribution in [3.05, 3.63) is 12.2 Å². The van der Waals surface area contributed by atoms with Crippen LogP contribution in [0, 0.1) is 11.3 Å². The van der Waals surface area contributed by atoms with Crippen LogP contribution in [-0.2, 0) is 9.53 Å². The molecule has 1 heterocycles. The number of rotatable bonds is 4. The predicted octanol–water partition coefficient (Wildman–Crippen LogP) is 2.93. The van der Waals surface area contributed by atoms with Crippen molar-refractivity contribution in [2.45, 2.75) is 40.0 Å². The first-order valence-corrected chi connectivity index (χ1v) is 5.32. The van der Waals surface area contributed by atoms with Crippen LogP contribution in [0.5, 0.6) is 0 Å². The van der Waals surface area contributed by atoms with Crippen LogP contribution in [0.25, 0.3) is 0 Å². The summed E-state index contributed by atoms with van der Waals surface area (Å²) in [4.78, 5) is 11.7. The zero-order valence-electron chi connectivity index (χ0n) is 9.43. The van der Waals surface area contributed by atoms with Gasteiger partial charge in [-0.1, -0.05) is 26.0 Å². The molecule has 0 N–H and O–H groups in total. The molecule has 0 spiro atoms. The van der Waals surface area contributed by atoms with Gasteiger partial charge in [-0.25, -0.2) is 0 Å². The van der Waals surface area contributed by atoms with E-state index in [1.165, 1.54) is 0 Å². The summed E-state index contributed by atoms with van der Waals surface area (Å²) in [6.07, 6.45) is 2.76. The van der Waals surface area contributed by atoms with Crippen molar-refractivity contribution in [3.63, 3.8) is 0 Å². The van der Waals surface area contributed by atoms with E-state index in [1.807, 2.05) is 6.92 Å². The number of carbonyl (C=O) groups is 1. The number of hydrogen-bond donors (Lipinski definition) is 0. The summed E-state index contributed by atoms with van der Waals surface area (Å²) >= 11 is 0. The molecule has 2 nitrogen and oxygen atoms in total. The molecule has 1 saturated heterocycles. The van der Waals surface area contributed by atoms with E-state index in [0.29, 0.717) is 12.5 Å². The van der Waals surface area contributed by atoms with E-state index in [-0.39, 0.29) is 11.4 Å². The molecule has 0 aromatic heterocycles. The Kier molecular flexibility index (Phi) is 3.35. The molecule has 0 aromatic rings.